The lowest BCUT2D eigenvalue weighted by atomic mass is 10.1. The predicted molar refractivity (Wildman–Crippen MR) is 91.6 cm³/mol. The van der Waals surface area contributed by atoms with Crippen LogP contribution in [0.2, 0.25) is 0 Å². The van der Waals surface area contributed by atoms with E-state index >= 15 is 0 Å². The third-order valence-corrected chi connectivity index (χ3v) is 3.59. The summed E-state index contributed by atoms with van der Waals surface area (Å²) in [6.07, 6.45) is 4.45. The summed E-state index contributed by atoms with van der Waals surface area (Å²) in [5.74, 6) is -2.12. The second-order valence-electron chi connectivity index (χ2n) is 5.27. The van der Waals surface area contributed by atoms with Gasteiger partial charge in [-0.25, -0.2) is 0 Å². The lowest BCUT2D eigenvalue weighted by molar-refractivity contribution is -0.385. The zero-order valence-electron chi connectivity index (χ0n) is 13.6. The van der Waals surface area contributed by atoms with E-state index in [2.05, 4.69) is 15.8 Å². The minimum atomic E-state index is -0.825. The average Bonchev–Trinajstić information content (AvgIpc) is 3.16. The number of nitro benzene ring substituents is 1. The standard InChI is InChI=1S/C17H12N4O6/c22-14-2-1-11(9-13(14)21(25)26)16(23)19-20-17(24)15-12(5-8-27-15)10-3-6-18-7-4-10/h1-9,22H,(H,19,23)(H,20,24). The number of nitro groups is 1. The van der Waals surface area contributed by atoms with Crippen LogP contribution < -0.4 is 10.9 Å². The summed E-state index contributed by atoms with van der Waals surface area (Å²) in [6, 6.07) is 8.06. The first-order chi connectivity index (χ1) is 13.0. The van der Waals surface area contributed by atoms with Crippen LogP contribution in [0.15, 0.2) is 59.5 Å². The van der Waals surface area contributed by atoms with Crippen LogP contribution >= 0.6 is 0 Å². The van der Waals surface area contributed by atoms with E-state index in [1.807, 2.05) is 0 Å². The Labute approximate surface area is 151 Å². The smallest absolute Gasteiger partial charge is 0.311 e. The van der Waals surface area contributed by atoms with Crippen molar-refractivity contribution in [2.45, 2.75) is 0 Å². The Kier molecular flexibility index (Phi) is 4.79. The Hall–Kier alpha value is -4.21. The van der Waals surface area contributed by atoms with Crippen LogP contribution in [-0.2, 0) is 0 Å². The molecule has 136 valence electrons. The summed E-state index contributed by atoms with van der Waals surface area (Å²) in [6.45, 7) is 0. The van der Waals surface area contributed by atoms with Crippen LogP contribution in [0.4, 0.5) is 5.69 Å². The molecule has 0 spiro atoms. The van der Waals surface area contributed by atoms with Crippen molar-refractivity contribution in [1.29, 1.82) is 0 Å². The maximum Gasteiger partial charge on any atom is 0.311 e. The molecule has 1 aromatic carbocycles. The highest BCUT2D eigenvalue weighted by molar-refractivity contribution is 6.01. The second kappa shape index (κ2) is 7.35. The number of benzene rings is 1. The second-order valence-corrected chi connectivity index (χ2v) is 5.27. The number of nitrogens with zero attached hydrogens (tertiary/aromatic N) is 2. The molecule has 0 atom stereocenters. The molecule has 10 nitrogen and oxygen atoms in total. The molecule has 2 aromatic heterocycles. The quantitative estimate of drug-likeness (QED) is 0.471. The highest BCUT2D eigenvalue weighted by atomic mass is 16.6. The highest BCUT2D eigenvalue weighted by Gasteiger charge is 2.20. The maximum atomic E-state index is 12.3. The molecule has 0 aliphatic heterocycles. The summed E-state index contributed by atoms with van der Waals surface area (Å²) in [7, 11) is 0. The van der Waals surface area contributed by atoms with E-state index in [1.165, 1.54) is 12.3 Å². The largest absolute Gasteiger partial charge is 0.502 e. The molecule has 0 saturated heterocycles. The fourth-order valence-electron chi connectivity index (χ4n) is 2.30. The number of carbonyl (C=O) groups is 2. The van der Waals surface area contributed by atoms with Gasteiger partial charge < -0.3 is 9.52 Å². The molecule has 0 radical (unpaired) electrons. The Morgan fingerprint density at radius 2 is 1.78 bits per heavy atom. The number of aromatic hydroxyl groups is 1. The van der Waals surface area contributed by atoms with Crippen LogP contribution in [0.1, 0.15) is 20.9 Å². The van der Waals surface area contributed by atoms with Gasteiger partial charge in [-0.3, -0.25) is 35.5 Å². The van der Waals surface area contributed by atoms with Crippen molar-refractivity contribution in [2.24, 2.45) is 0 Å². The fraction of sp³-hybridized carbons (Fsp3) is 0. The number of rotatable bonds is 4. The number of pyridine rings is 1. The molecule has 0 aliphatic rings. The number of hydrogen-bond donors (Lipinski definition) is 3. The van der Waals surface area contributed by atoms with Gasteiger partial charge in [0.1, 0.15) is 0 Å². The van der Waals surface area contributed by atoms with Gasteiger partial charge in [-0.05, 0) is 35.9 Å². The fourth-order valence-corrected chi connectivity index (χ4v) is 2.30. The molecule has 0 unspecified atom stereocenters. The third-order valence-electron chi connectivity index (χ3n) is 3.59. The van der Waals surface area contributed by atoms with E-state index in [-0.39, 0.29) is 11.3 Å². The van der Waals surface area contributed by atoms with Gasteiger partial charge in [-0.2, -0.15) is 0 Å². The normalized spacial score (nSPS) is 10.2. The molecule has 27 heavy (non-hydrogen) atoms. The summed E-state index contributed by atoms with van der Waals surface area (Å²) in [5, 5.41) is 20.2. The third kappa shape index (κ3) is 3.74. The molecule has 3 rings (SSSR count). The lowest BCUT2D eigenvalue weighted by Crippen LogP contribution is -2.41. The number of nitrogens with one attached hydrogen (secondary N) is 2. The van der Waals surface area contributed by atoms with E-state index in [4.69, 9.17) is 4.42 Å². The van der Waals surface area contributed by atoms with E-state index in [0.29, 0.717) is 11.1 Å². The molecule has 0 aliphatic carbocycles. The average molecular weight is 368 g/mol. The first kappa shape index (κ1) is 17.6. The molecule has 0 bridgehead atoms. The number of amides is 2. The van der Waals surface area contributed by atoms with E-state index in [1.54, 1.807) is 30.6 Å². The number of phenolic OH excluding ortho intramolecular Hbond substituents is 1. The van der Waals surface area contributed by atoms with Crippen molar-refractivity contribution in [2.75, 3.05) is 0 Å². The van der Waals surface area contributed by atoms with Crippen molar-refractivity contribution < 1.29 is 24.0 Å². The number of furan rings is 1. The molecule has 2 amide bonds. The van der Waals surface area contributed by atoms with E-state index < -0.39 is 28.2 Å². The van der Waals surface area contributed by atoms with Crippen molar-refractivity contribution in [3.8, 4) is 16.9 Å². The van der Waals surface area contributed by atoms with Gasteiger partial charge in [-0.1, -0.05) is 0 Å². The zero-order chi connectivity index (χ0) is 19.4. The predicted octanol–water partition coefficient (Wildman–Crippen LogP) is 2.03. The van der Waals surface area contributed by atoms with Crippen LogP contribution in [0.5, 0.6) is 5.75 Å². The summed E-state index contributed by atoms with van der Waals surface area (Å²) >= 11 is 0. The van der Waals surface area contributed by atoms with Crippen molar-refractivity contribution >= 4 is 17.5 Å². The van der Waals surface area contributed by atoms with Crippen LogP contribution in [0.25, 0.3) is 11.1 Å². The molecule has 0 saturated carbocycles. The zero-order valence-corrected chi connectivity index (χ0v) is 13.6. The van der Waals surface area contributed by atoms with Gasteiger partial charge in [-0.15, -0.1) is 0 Å². The van der Waals surface area contributed by atoms with E-state index in [0.717, 1.165) is 12.1 Å². The van der Waals surface area contributed by atoms with Gasteiger partial charge in [0.2, 0.25) is 5.76 Å². The number of aromatic nitrogens is 1. The van der Waals surface area contributed by atoms with Gasteiger partial charge in [0, 0.05) is 29.6 Å². The van der Waals surface area contributed by atoms with Gasteiger partial charge in [0.05, 0.1) is 11.2 Å². The first-order valence-electron chi connectivity index (χ1n) is 7.53. The topological polar surface area (TPSA) is 148 Å². The number of hydrazine groups is 1. The molecule has 10 heteroatoms. The SMILES string of the molecule is O=C(NNC(=O)c1occc1-c1ccncc1)c1ccc(O)c([N+](=O)[O-])c1. The molecule has 3 aromatic rings. The molecule has 3 N–H and O–H groups in total. The molecular formula is C17H12N4O6. The van der Waals surface area contributed by atoms with Gasteiger partial charge in [0.25, 0.3) is 5.91 Å². The van der Waals surface area contributed by atoms with E-state index in [9.17, 15) is 24.8 Å². The highest BCUT2D eigenvalue weighted by Crippen LogP contribution is 2.26. The summed E-state index contributed by atoms with van der Waals surface area (Å²) < 4.78 is 5.18. The van der Waals surface area contributed by atoms with Gasteiger partial charge in [0.15, 0.2) is 5.75 Å². The van der Waals surface area contributed by atoms with Crippen molar-refractivity contribution in [1.82, 2.24) is 15.8 Å². The summed E-state index contributed by atoms with van der Waals surface area (Å²) in [5.41, 5.74) is 4.77. The lowest BCUT2D eigenvalue weighted by Gasteiger charge is -2.07. The number of hydrogen-bond acceptors (Lipinski definition) is 7. The number of phenols is 1. The van der Waals surface area contributed by atoms with Crippen LogP contribution in [0, 0.1) is 10.1 Å². The molecular weight excluding hydrogens is 356 g/mol. The first-order valence-corrected chi connectivity index (χ1v) is 7.53. The van der Waals surface area contributed by atoms with Crippen molar-refractivity contribution in [3.63, 3.8) is 0 Å². The minimum Gasteiger partial charge on any atom is -0.502 e. The van der Waals surface area contributed by atoms with Gasteiger partial charge >= 0.3 is 11.6 Å². The van der Waals surface area contributed by atoms with Crippen LogP contribution in [-0.4, -0.2) is 26.8 Å². The Morgan fingerprint density at radius 3 is 2.48 bits per heavy atom. The Morgan fingerprint density at radius 1 is 1.07 bits per heavy atom. The number of carbonyl (C=O) groups excluding carboxylic acids is 2. The minimum absolute atomic E-state index is 0.0295. The molecule has 2 heterocycles. The van der Waals surface area contributed by atoms with Crippen molar-refractivity contribution in [3.05, 3.63) is 76.5 Å². The maximum absolute atomic E-state index is 12.3. The Balaban J connectivity index is 1.72. The summed E-state index contributed by atoms with van der Waals surface area (Å²) in [4.78, 5) is 38.3. The monoisotopic (exact) mass is 368 g/mol. The Bertz CT molecular complexity index is 1020. The molecule has 0 fully saturated rings. The van der Waals surface area contributed by atoms with Crippen LogP contribution in [0.3, 0.4) is 0 Å².